The fourth-order valence-corrected chi connectivity index (χ4v) is 5.06. The van der Waals surface area contributed by atoms with Gasteiger partial charge >= 0.3 is 5.97 Å². The zero-order valence-corrected chi connectivity index (χ0v) is 18.9. The normalized spacial score (nSPS) is 18.7. The number of aromatic amines is 1. The third-order valence-electron chi connectivity index (χ3n) is 5.74. The fraction of sp³-hybridized carbons (Fsp3) is 0.320. The average molecular weight is 450 g/mol. The van der Waals surface area contributed by atoms with Crippen molar-refractivity contribution in [2.24, 2.45) is 5.41 Å². The monoisotopic (exact) mass is 449 g/mol. The summed E-state index contributed by atoms with van der Waals surface area (Å²) in [5.74, 6) is 0.477. The zero-order chi connectivity index (χ0) is 22.4. The lowest BCUT2D eigenvalue weighted by atomic mass is 9.76. The molecule has 32 heavy (non-hydrogen) atoms. The highest BCUT2D eigenvalue weighted by molar-refractivity contribution is 7.17. The minimum atomic E-state index is -0.726. The molecule has 1 aliphatic rings. The Labute approximate surface area is 191 Å². The molecule has 1 amide bonds. The summed E-state index contributed by atoms with van der Waals surface area (Å²) < 4.78 is 5.45. The molecule has 1 saturated heterocycles. The van der Waals surface area contributed by atoms with E-state index in [-0.39, 0.29) is 11.9 Å². The van der Waals surface area contributed by atoms with E-state index in [1.165, 1.54) is 11.3 Å². The van der Waals surface area contributed by atoms with Crippen LogP contribution in [-0.4, -0.2) is 46.4 Å². The number of nitrogens with zero attached hydrogens (tertiary/aromatic N) is 2. The van der Waals surface area contributed by atoms with E-state index in [0.717, 1.165) is 22.7 Å². The van der Waals surface area contributed by atoms with Crippen LogP contribution in [0, 0.1) is 5.41 Å². The lowest BCUT2D eigenvalue weighted by Gasteiger charge is -2.40. The molecule has 3 heterocycles. The second-order valence-corrected chi connectivity index (χ2v) is 9.03. The number of amides is 1. The minimum Gasteiger partial charge on any atom is -0.466 e. The number of carbonyl (C=O) groups is 2. The molecule has 1 N–H and O–H groups in total. The summed E-state index contributed by atoms with van der Waals surface area (Å²) >= 11 is 1.41. The third-order valence-corrected chi connectivity index (χ3v) is 6.82. The standard InChI is InChI=1S/C25H27N3O3S/c1-2-31-24(30)25(13-6-10-19-8-4-3-5-9-19)14-7-17-28(18-25)23(29)21-12-11-20(32-21)22-26-15-16-27-22/h3-6,8-12,15-16H,2,7,13-14,17-18H2,1H3,(H,26,27). The Kier molecular flexibility index (Phi) is 6.85. The van der Waals surface area contributed by atoms with Crippen molar-refractivity contribution < 1.29 is 14.3 Å². The topological polar surface area (TPSA) is 75.3 Å². The highest BCUT2D eigenvalue weighted by Crippen LogP contribution is 2.37. The molecule has 0 saturated carbocycles. The first-order valence-electron chi connectivity index (χ1n) is 10.9. The summed E-state index contributed by atoms with van der Waals surface area (Å²) in [5.41, 5.74) is 0.357. The molecular formula is C25H27N3O3S. The van der Waals surface area contributed by atoms with Crippen molar-refractivity contribution in [3.63, 3.8) is 0 Å². The number of benzene rings is 1. The SMILES string of the molecule is CCOC(=O)C1(CC=Cc2ccccc2)CCCN(C(=O)c2ccc(-c3ncc[nH]3)s2)C1. The number of hydrogen-bond donors (Lipinski definition) is 1. The zero-order valence-electron chi connectivity index (χ0n) is 18.1. The van der Waals surface area contributed by atoms with Crippen molar-refractivity contribution in [1.29, 1.82) is 0 Å². The van der Waals surface area contributed by atoms with Crippen molar-refractivity contribution in [2.45, 2.75) is 26.2 Å². The van der Waals surface area contributed by atoms with Gasteiger partial charge in [0.15, 0.2) is 0 Å². The van der Waals surface area contributed by atoms with Crippen molar-refractivity contribution >= 4 is 29.3 Å². The minimum absolute atomic E-state index is 0.0479. The molecule has 2 aromatic heterocycles. The lowest BCUT2D eigenvalue weighted by molar-refractivity contribution is -0.158. The van der Waals surface area contributed by atoms with Gasteiger partial charge in [0.1, 0.15) is 5.82 Å². The molecular weight excluding hydrogens is 422 g/mol. The smallest absolute Gasteiger partial charge is 0.314 e. The summed E-state index contributed by atoms with van der Waals surface area (Å²) in [7, 11) is 0. The first-order valence-corrected chi connectivity index (χ1v) is 11.7. The van der Waals surface area contributed by atoms with E-state index in [2.05, 4.69) is 9.97 Å². The molecule has 1 aromatic carbocycles. The largest absolute Gasteiger partial charge is 0.466 e. The number of nitrogens with one attached hydrogen (secondary N) is 1. The van der Waals surface area contributed by atoms with Crippen LogP contribution < -0.4 is 0 Å². The number of H-pyrrole nitrogens is 1. The van der Waals surface area contributed by atoms with Crippen molar-refractivity contribution in [3.8, 4) is 10.7 Å². The molecule has 1 unspecified atom stereocenters. The van der Waals surface area contributed by atoms with Gasteiger partial charge in [-0.15, -0.1) is 11.3 Å². The van der Waals surface area contributed by atoms with Crippen molar-refractivity contribution in [3.05, 3.63) is 71.4 Å². The fourth-order valence-electron chi connectivity index (χ4n) is 4.13. The predicted octanol–water partition coefficient (Wildman–Crippen LogP) is 5.03. The van der Waals surface area contributed by atoms with Gasteiger partial charge in [-0.05, 0) is 43.9 Å². The number of carbonyl (C=O) groups excluding carboxylic acids is 2. The van der Waals surface area contributed by atoms with E-state index in [1.54, 1.807) is 17.3 Å². The Bertz CT molecular complexity index is 1080. The Morgan fingerprint density at radius 3 is 2.84 bits per heavy atom. The van der Waals surface area contributed by atoms with E-state index < -0.39 is 5.41 Å². The van der Waals surface area contributed by atoms with Gasteiger partial charge < -0.3 is 14.6 Å². The van der Waals surface area contributed by atoms with Crippen LogP contribution in [0.5, 0.6) is 0 Å². The highest BCUT2D eigenvalue weighted by atomic mass is 32.1. The molecule has 0 aliphatic carbocycles. The van der Waals surface area contributed by atoms with E-state index in [4.69, 9.17) is 4.74 Å². The third kappa shape index (κ3) is 4.83. The van der Waals surface area contributed by atoms with E-state index in [1.807, 2.05) is 61.5 Å². The van der Waals surface area contributed by atoms with Gasteiger partial charge in [0.25, 0.3) is 5.91 Å². The Balaban J connectivity index is 1.52. The second kappa shape index (κ2) is 9.96. The van der Waals surface area contributed by atoms with E-state index in [0.29, 0.717) is 37.4 Å². The van der Waals surface area contributed by atoms with E-state index in [9.17, 15) is 9.59 Å². The highest BCUT2D eigenvalue weighted by Gasteiger charge is 2.44. The van der Waals surface area contributed by atoms with Gasteiger partial charge in [0.2, 0.25) is 0 Å². The van der Waals surface area contributed by atoms with Gasteiger partial charge in [0, 0.05) is 25.5 Å². The first-order chi connectivity index (χ1) is 15.6. The van der Waals surface area contributed by atoms with Gasteiger partial charge in [-0.3, -0.25) is 9.59 Å². The Hall–Kier alpha value is -3.19. The average Bonchev–Trinajstić information content (AvgIpc) is 3.52. The molecule has 1 fully saturated rings. The van der Waals surface area contributed by atoms with Gasteiger partial charge in [-0.25, -0.2) is 4.98 Å². The quantitative estimate of drug-likeness (QED) is 0.514. The number of ether oxygens (including phenoxy) is 1. The number of piperidine rings is 1. The number of likely N-dealkylation sites (tertiary alicyclic amines) is 1. The molecule has 4 rings (SSSR count). The Morgan fingerprint density at radius 2 is 2.09 bits per heavy atom. The molecule has 7 heteroatoms. The maximum Gasteiger partial charge on any atom is 0.314 e. The Morgan fingerprint density at radius 1 is 1.25 bits per heavy atom. The van der Waals surface area contributed by atoms with Crippen LogP contribution in [0.4, 0.5) is 0 Å². The maximum atomic E-state index is 13.3. The van der Waals surface area contributed by atoms with Crippen LogP contribution in [-0.2, 0) is 9.53 Å². The molecule has 3 aromatic rings. The van der Waals surface area contributed by atoms with Crippen LogP contribution in [0.15, 0.2) is 60.9 Å². The molecule has 166 valence electrons. The van der Waals surface area contributed by atoms with Crippen molar-refractivity contribution in [2.75, 3.05) is 19.7 Å². The van der Waals surface area contributed by atoms with Crippen LogP contribution in [0.2, 0.25) is 0 Å². The van der Waals surface area contributed by atoms with Gasteiger partial charge in [0.05, 0.1) is 21.8 Å². The van der Waals surface area contributed by atoms with Crippen LogP contribution in [0.1, 0.15) is 41.4 Å². The number of imidazole rings is 1. The van der Waals surface area contributed by atoms with Gasteiger partial charge in [-0.1, -0.05) is 42.5 Å². The number of allylic oxidation sites excluding steroid dienone is 1. The van der Waals surface area contributed by atoms with Crippen LogP contribution in [0.25, 0.3) is 16.8 Å². The summed E-state index contributed by atoms with van der Waals surface area (Å²) in [6.07, 6.45) is 9.51. The number of thiophene rings is 1. The second-order valence-electron chi connectivity index (χ2n) is 7.95. The number of rotatable bonds is 7. The summed E-state index contributed by atoms with van der Waals surface area (Å²) in [6.45, 7) is 3.14. The van der Waals surface area contributed by atoms with Crippen LogP contribution in [0.3, 0.4) is 0 Å². The summed E-state index contributed by atoms with van der Waals surface area (Å²) in [6, 6.07) is 13.7. The molecule has 0 bridgehead atoms. The number of hydrogen-bond acceptors (Lipinski definition) is 5. The molecule has 0 radical (unpaired) electrons. The van der Waals surface area contributed by atoms with Crippen molar-refractivity contribution in [1.82, 2.24) is 14.9 Å². The van der Waals surface area contributed by atoms with Crippen LogP contribution >= 0.6 is 11.3 Å². The first kappa shape index (κ1) is 22.0. The van der Waals surface area contributed by atoms with E-state index >= 15 is 0 Å². The number of esters is 1. The molecule has 1 atom stereocenters. The molecule has 1 aliphatic heterocycles. The summed E-state index contributed by atoms with van der Waals surface area (Å²) in [4.78, 5) is 37.0. The summed E-state index contributed by atoms with van der Waals surface area (Å²) in [5, 5.41) is 0. The maximum absolute atomic E-state index is 13.3. The molecule has 0 spiro atoms. The van der Waals surface area contributed by atoms with Gasteiger partial charge in [-0.2, -0.15) is 0 Å². The molecule has 6 nitrogen and oxygen atoms in total. The predicted molar refractivity (Wildman–Crippen MR) is 126 cm³/mol. The number of aromatic nitrogens is 2. The lowest BCUT2D eigenvalue weighted by Crippen LogP contribution is -2.50.